The van der Waals surface area contributed by atoms with Gasteiger partial charge in [0.15, 0.2) is 4.96 Å². The lowest BCUT2D eigenvalue weighted by Gasteiger charge is -1.93. The number of hydrogen-bond donors (Lipinski definition) is 0. The van der Waals surface area contributed by atoms with Crippen LogP contribution < -0.4 is 5.56 Å². The summed E-state index contributed by atoms with van der Waals surface area (Å²) in [6.07, 6.45) is 1.70. The highest BCUT2D eigenvalue weighted by atomic mass is 35.5. The van der Waals surface area contributed by atoms with Crippen molar-refractivity contribution >= 4 is 27.9 Å². The number of rotatable bonds is 1. The monoisotopic (exact) mass is 200 g/mol. The molecule has 0 spiro atoms. The maximum atomic E-state index is 11.3. The van der Waals surface area contributed by atoms with Crippen molar-refractivity contribution in [3.05, 3.63) is 33.7 Å². The summed E-state index contributed by atoms with van der Waals surface area (Å²) in [6.45, 7) is 0. The minimum absolute atomic E-state index is 0.0723. The summed E-state index contributed by atoms with van der Waals surface area (Å²) in [6, 6.07) is 1.45. The van der Waals surface area contributed by atoms with Crippen LogP contribution in [0.4, 0.5) is 0 Å². The average molecular weight is 201 g/mol. The Kier molecular flexibility index (Phi) is 1.86. The Morgan fingerprint density at radius 2 is 2.50 bits per heavy atom. The second-order valence-corrected chi connectivity index (χ2v) is 3.42. The number of hydrogen-bond acceptors (Lipinski definition) is 3. The van der Waals surface area contributed by atoms with Gasteiger partial charge in [-0.05, 0) is 0 Å². The molecule has 0 bridgehead atoms. The number of aromatic nitrogens is 2. The zero-order valence-electron chi connectivity index (χ0n) is 6.03. The van der Waals surface area contributed by atoms with E-state index in [0.717, 1.165) is 0 Å². The van der Waals surface area contributed by atoms with Crippen molar-refractivity contribution < 1.29 is 0 Å². The van der Waals surface area contributed by atoms with E-state index in [1.165, 1.54) is 21.8 Å². The summed E-state index contributed by atoms with van der Waals surface area (Å²) in [5.41, 5.74) is 0.556. The fraction of sp³-hybridized carbons (Fsp3) is 0.143. The first-order valence-electron chi connectivity index (χ1n) is 3.33. The van der Waals surface area contributed by atoms with E-state index >= 15 is 0 Å². The van der Waals surface area contributed by atoms with Crippen molar-refractivity contribution in [1.29, 1.82) is 0 Å². The average Bonchev–Trinajstić information content (AvgIpc) is 2.52. The third-order valence-electron chi connectivity index (χ3n) is 1.49. The molecule has 2 aromatic heterocycles. The van der Waals surface area contributed by atoms with Crippen molar-refractivity contribution in [3.63, 3.8) is 0 Å². The van der Waals surface area contributed by atoms with E-state index in [1.807, 2.05) is 5.38 Å². The first-order chi connectivity index (χ1) is 5.81. The molecule has 5 heteroatoms. The molecule has 0 saturated carbocycles. The molecule has 62 valence electrons. The van der Waals surface area contributed by atoms with E-state index < -0.39 is 0 Å². The number of fused-ring (bicyclic) bond motifs is 1. The van der Waals surface area contributed by atoms with E-state index in [-0.39, 0.29) is 11.4 Å². The van der Waals surface area contributed by atoms with Crippen molar-refractivity contribution in [2.75, 3.05) is 0 Å². The van der Waals surface area contributed by atoms with Crippen LogP contribution in [0.3, 0.4) is 0 Å². The second-order valence-electron chi connectivity index (χ2n) is 2.27. The molecule has 2 rings (SSSR count). The normalized spacial score (nSPS) is 10.8. The fourth-order valence-corrected chi connectivity index (χ4v) is 1.83. The number of thiazole rings is 1. The van der Waals surface area contributed by atoms with Crippen molar-refractivity contribution in [2.24, 2.45) is 0 Å². The van der Waals surface area contributed by atoms with Gasteiger partial charge in [-0.3, -0.25) is 9.20 Å². The predicted octanol–water partition coefficient (Wildman–Crippen LogP) is 1.49. The molecule has 3 nitrogen and oxygen atoms in total. The van der Waals surface area contributed by atoms with Gasteiger partial charge in [0.1, 0.15) is 0 Å². The maximum absolute atomic E-state index is 11.3. The number of halogens is 1. The largest absolute Gasteiger partial charge is 0.269 e. The quantitative estimate of drug-likeness (QED) is 0.654. The Balaban J connectivity index is 2.84. The minimum Gasteiger partial charge on any atom is -0.269 e. The molecule has 0 N–H and O–H groups in total. The summed E-state index contributed by atoms with van der Waals surface area (Å²) in [5, 5.41) is 1.82. The van der Waals surface area contributed by atoms with Gasteiger partial charge in [0.2, 0.25) is 0 Å². The molecule has 0 aliphatic carbocycles. The van der Waals surface area contributed by atoms with Gasteiger partial charge in [0.25, 0.3) is 5.56 Å². The van der Waals surface area contributed by atoms with Gasteiger partial charge >= 0.3 is 0 Å². The van der Waals surface area contributed by atoms with Crippen LogP contribution in [-0.4, -0.2) is 9.38 Å². The first-order valence-corrected chi connectivity index (χ1v) is 4.74. The van der Waals surface area contributed by atoms with Gasteiger partial charge < -0.3 is 0 Å². The van der Waals surface area contributed by atoms with Crippen LogP contribution in [0.15, 0.2) is 22.4 Å². The number of alkyl halides is 1. The fourth-order valence-electron chi connectivity index (χ4n) is 0.956. The molecule has 2 aromatic rings. The van der Waals surface area contributed by atoms with E-state index in [2.05, 4.69) is 4.98 Å². The van der Waals surface area contributed by atoms with Crippen molar-refractivity contribution in [1.82, 2.24) is 9.38 Å². The highest BCUT2D eigenvalue weighted by Crippen LogP contribution is 2.07. The first kappa shape index (κ1) is 7.76. The Morgan fingerprint density at radius 3 is 3.25 bits per heavy atom. The van der Waals surface area contributed by atoms with Crippen LogP contribution >= 0.6 is 22.9 Å². The summed E-state index contributed by atoms with van der Waals surface area (Å²) >= 11 is 6.98. The zero-order chi connectivity index (χ0) is 8.55. The third-order valence-corrected chi connectivity index (χ3v) is 2.52. The van der Waals surface area contributed by atoms with E-state index in [9.17, 15) is 4.79 Å². The molecule has 0 unspecified atom stereocenters. The molecule has 12 heavy (non-hydrogen) atoms. The van der Waals surface area contributed by atoms with Crippen LogP contribution in [0, 0.1) is 0 Å². The lowest BCUT2D eigenvalue weighted by atomic mass is 10.4. The smallest absolute Gasteiger partial charge is 0.258 e. The van der Waals surface area contributed by atoms with Gasteiger partial charge in [-0.1, -0.05) is 0 Å². The molecule has 0 saturated heterocycles. The van der Waals surface area contributed by atoms with Crippen LogP contribution in [0.2, 0.25) is 0 Å². The zero-order valence-corrected chi connectivity index (χ0v) is 7.60. The van der Waals surface area contributed by atoms with Crippen LogP contribution in [0.25, 0.3) is 4.96 Å². The number of nitrogens with zero attached hydrogens (tertiary/aromatic N) is 2. The lowest BCUT2D eigenvalue weighted by Crippen LogP contribution is -2.12. The Morgan fingerprint density at radius 1 is 1.67 bits per heavy atom. The molecule has 0 fully saturated rings. The minimum atomic E-state index is -0.0723. The molecule has 0 amide bonds. The van der Waals surface area contributed by atoms with Gasteiger partial charge in [0, 0.05) is 17.6 Å². The SMILES string of the molecule is O=c1cc(CCl)nc2sccn12. The Labute approximate surface area is 77.2 Å². The van der Waals surface area contributed by atoms with E-state index in [4.69, 9.17) is 11.6 Å². The summed E-state index contributed by atoms with van der Waals surface area (Å²) in [4.78, 5) is 16.1. The predicted molar refractivity (Wildman–Crippen MR) is 48.9 cm³/mol. The van der Waals surface area contributed by atoms with Crippen molar-refractivity contribution in [3.8, 4) is 0 Å². The van der Waals surface area contributed by atoms with E-state index in [0.29, 0.717) is 10.7 Å². The molecule has 0 radical (unpaired) electrons. The third kappa shape index (κ3) is 1.13. The maximum Gasteiger partial charge on any atom is 0.258 e. The highest BCUT2D eigenvalue weighted by molar-refractivity contribution is 7.15. The van der Waals surface area contributed by atoms with Crippen LogP contribution in [0.5, 0.6) is 0 Å². The Bertz CT molecular complexity index is 462. The molecular weight excluding hydrogens is 196 g/mol. The topological polar surface area (TPSA) is 34.4 Å². The van der Waals surface area contributed by atoms with Crippen molar-refractivity contribution in [2.45, 2.75) is 5.88 Å². The second kappa shape index (κ2) is 2.88. The highest BCUT2D eigenvalue weighted by Gasteiger charge is 2.00. The molecule has 0 aliphatic rings. The van der Waals surface area contributed by atoms with Gasteiger partial charge in [0.05, 0.1) is 11.6 Å². The lowest BCUT2D eigenvalue weighted by molar-refractivity contribution is 1.04. The summed E-state index contributed by atoms with van der Waals surface area (Å²) < 4.78 is 1.50. The molecule has 0 aromatic carbocycles. The summed E-state index contributed by atoms with van der Waals surface area (Å²) in [7, 11) is 0. The van der Waals surface area contributed by atoms with Crippen LogP contribution in [0.1, 0.15) is 5.69 Å². The van der Waals surface area contributed by atoms with Gasteiger partial charge in [-0.15, -0.1) is 22.9 Å². The molecule has 2 heterocycles. The van der Waals surface area contributed by atoms with Gasteiger partial charge in [-0.2, -0.15) is 0 Å². The molecule has 0 atom stereocenters. The van der Waals surface area contributed by atoms with Gasteiger partial charge in [-0.25, -0.2) is 4.98 Å². The standard InChI is InChI=1S/C7H5ClN2OS/c8-4-5-3-6(11)10-1-2-12-7(10)9-5/h1-3H,4H2. The summed E-state index contributed by atoms with van der Waals surface area (Å²) in [5.74, 6) is 0.281. The molecular formula is C7H5ClN2OS. The van der Waals surface area contributed by atoms with Crippen LogP contribution in [-0.2, 0) is 5.88 Å². The Hall–Kier alpha value is -0.870. The van der Waals surface area contributed by atoms with E-state index in [1.54, 1.807) is 6.20 Å². The molecule has 0 aliphatic heterocycles.